The van der Waals surface area contributed by atoms with Gasteiger partial charge in [-0.3, -0.25) is 4.21 Å². The number of alkyl halides is 17. The zero-order chi connectivity index (χ0) is 29.0. The van der Waals surface area contributed by atoms with Crippen LogP contribution in [0.15, 0.2) is 29.2 Å². The molecule has 0 aliphatic heterocycles. The highest BCUT2D eigenvalue weighted by molar-refractivity contribution is 7.85. The van der Waals surface area contributed by atoms with Crippen LogP contribution in [0.5, 0.6) is 0 Å². The van der Waals surface area contributed by atoms with E-state index >= 15 is 0 Å². The average molecular weight is 586 g/mol. The van der Waals surface area contributed by atoms with Crippen LogP contribution < -0.4 is 0 Å². The molecule has 0 N–H and O–H groups in total. The molecule has 36 heavy (non-hydrogen) atoms. The van der Waals surface area contributed by atoms with Crippen LogP contribution in [0.25, 0.3) is 0 Å². The maximum atomic E-state index is 13.8. The second-order valence-corrected chi connectivity index (χ2v) is 8.83. The molecule has 1 nitrogen and oxygen atoms in total. The lowest BCUT2D eigenvalue weighted by Crippen LogP contribution is -2.74. The molecule has 0 saturated carbocycles. The van der Waals surface area contributed by atoms with Gasteiger partial charge in [0.1, 0.15) is 0 Å². The Kier molecular flexibility index (Phi) is 8.21. The standard InChI is InChI=1S/C17H11F17OS/c1-8-2-4-9(5-3-8)36(35)7-6-10(18,19)11(20,21)12(22,23)13(24,25)14(26,27)15(28,29)16(30,31)17(32,33)34/h2-5H,6-7H2,1H3. The topological polar surface area (TPSA) is 17.1 Å². The first-order valence-electron chi connectivity index (χ1n) is 8.80. The highest BCUT2D eigenvalue weighted by atomic mass is 32.2. The number of rotatable bonds is 10. The van der Waals surface area contributed by atoms with E-state index in [0.29, 0.717) is 5.56 Å². The van der Waals surface area contributed by atoms with E-state index < -0.39 is 70.6 Å². The quantitative estimate of drug-likeness (QED) is 0.260. The molecule has 0 heterocycles. The van der Waals surface area contributed by atoms with Gasteiger partial charge in [-0.05, 0) is 19.1 Å². The third-order valence-corrected chi connectivity index (χ3v) is 6.05. The minimum atomic E-state index is -8.66. The van der Waals surface area contributed by atoms with E-state index in [4.69, 9.17) is 0 Å². The predicted octanol–water partition coefficient (Wildman–Crippen LogP) is 7.50. The lowest BCUT2D eigenvalue weighted by molar-refractivity contribution is -0.461. The average Bonchev–Trinajstić information content (AvgIpc) is 2.70. The molecule has 0 radical (unpaired) electrons. The molecule has 0 bridgehead atoms. The Labute approximate surface area is 192 Å². The Hall–Kier alpha value is -1.82. The minimum absolute atomic E-state index is 0.377. The van der Waals surface area contributed by atoms with Crippen LogP contribution in [0, 0.1) is 6.92 Å². The summed E-state index contributed by atoms with van der Waals surface area (Å²) in [5.41, 5.74) is 0.503. The second-order valence-electron chi connectivity index (χ2n) is 7.26. The van der Waals surface area contributed by atoms with Crippen molar-refractivity contribution < 1.29 is 78.8 Å². The first-order valence-corrected chi connectivity index (χ1v) is 10.1. The van der Waals surface area contributed by atoms with Gasteiger partial charge in [-0.1, -0.05) is 17.7 Å². The van der Waals surface area contributed by atoms with Crippen LogP contribution in [0.3, 0.4) is 0 Å². The maximum Gasteiger partial charge on any atom is 0.460 e. The van der Waals surface area contributed by atoms with Crippen molar-refractivity contribution in [3.8, 4) is 0 Å². The number of hydrogen-bond acceptors (Lipinski definition) is 1. The summed E-state index contributed by atoms with van der Waals surface area (Å²) in [6, 6.07) is 4.39. The fourth-order valence-corrected chi connectivity index (χ4v) is 3.50. The monoisotopic (exact) mass is 586 g/mol. The van der Waals surface area contributed by atoms with Crippen LogP contribution in [0.1, 0.15) is 12.0 Å². The Morgan fingerprint density at radius 2 is 0.889 bits per heavy atom. The van der Waals surface area contributed by atoms with E-state index in [1.54, 1.807) is 0 Å². The third kappa shape index (κ3) is 4.75. The number of hydrogen-bond donors (Lipinski definition) is 0. The summed E-state index contributed by atoms with van der Waals surface area (Å²) < 4.78 is 236. The third-order valence-electron chi connectivity index (χ3n) is 4.67. The van der Waals surface area contributed by atoms with E-state index in [2.05, 4.69) is 0 Å². The van der Waals surface area contributed by atoms with Crippen molar-refractivity contribution in [2.75, 3.05) is 5.75 Å². The molecule has 0 amide bonds. The molecule has 1 atom stereocenters. The summed E-state index contributed by atoms with van der Waals surface area (Å²) in [5.74, 6) is -58.4. The summed E-state index contributed by atoms with van der Waals surface area (Å²) in [5, 5.41) is 0. The van der Waals surface area contributed by atoms with Crippen molar-refractivity contribution in [3.63, 3.8) is 0 Å². The molecule has 0 fully saturated rings. The summed E-state index contributed by atoms with van der Waals surface area (Å²) in [4.78, 5) is -0.377. The minimum Gasteiger partial charge on any atom is -0.254 e. The summed E-state index contributed by atoms with van der Waals surface area (Å²) >= 11 is 0. The molecule has 1 aromatic carbocycles. The number of aryl methyl sites for hydroxylation is 1. The molecule has 0 aliphatic rings. The van der Waals surface area contributed by atoms with E-state index in [9.17, 15) is 78.8 Å². The van der Waals surface area contributed by atoms with Gasteiger partial charge < -0.3 is 0 Å². The smallest absolute Gasteiger partial charge is 0.254 e. The fourth-order valence-electron chi connectivity index (χ4n) is 2.38. The van der Waals surface area contributed by atoms with Crippen molar-refractivity contribution in [1.82, 2.24) is 0 Å². The van der Waals surface area contributed by atoms with Gasteiger partial charge in [-0.25, -0.2) is 0 Å². The van der Waals surface area contributed by atoms with Crippen molar-refractivity contribution >= 4 is 10.8 Å². The van der Waals surface area contributed by atoms with E-state index in [-0.39, 0.29) is 4.90 Å². The molecule has 0 aliphatic carbocycles. The predicted molar refractivity (Wildman–Crippen MR) is 87.8 cm³/mol. The van der Waals surface area contributed by atoms with E-state index in [0.717, 1.165) is 12.1 Å². The van der Waals surface area contributed by atoms with Gasteiger partial charge in [0, 0.05) is 17.1 Å². The second kappa shape index (κ2) is 9.18. The molecular formula is C17H11F17OS. The lowest BCUT2D eigenvalue weighted by atomic mass is 9.88. The SMILES string of the molecule is Cc1ccc(S(=O)CCC(F)(F)C(F)(F)C(F)(F)C(F)(F)C(F)(F)C(F)(F)C(F)(F)C(F)(F)F)cc1. The molecular weight excluding hydrogens is 575 g/mol. The highest BCUT2D eigenvalue weighted by Crippen LogP contribution is 2.64. The number of benzene rings is 1. The van der Waals surface area contributed by atoms with Crippen molar-refractivity contribution in [2.24, 2.45) is 0 Å². The largest absolute Gasteiger partial charge is 0.460 e. The Morgan fingerprint density at radius 1 is 0.556 bits per heavy atom. The summed E-state index contributed by atoms with van der Waals surface area (Å²) in [7, 11) is -2.71. The molecule has 0 saturated heterocycles. The van der Waals surface area contributed by atoms with Crippen LogP contribution >= 0.6 is 0 Å². The number of halogens is 17. The Bertz CT molecular complexity index is 949. The Balaban J connectivity index is 3.40. The normalized spacial score (nSPS) is 16.3. The Morgan fingerprint density at radius 3 is 1.25 bits per heavy atom. The molecule has 0 spiro atoms. The molecule has 19 heteroatoms. The zero-order valence-electron chi connectivity index (χ0n) is 17.0. The molecule has 0 aromatic heterocycles. The molecule has 1 rings (SSSR count). The first-order chi connectivity index (χ1) is 15.6. The molecule has 1 unspecified atom stereocenters. The van der Waals surface area contributed by atoms with Gasteiger partial charge in [-0.2, -0.15) is 74.6 Å². The summed E-state index contributed by atoms with van der Waals surface area (Å²) in [6.07, 6.45) is -10.5. The highest BCUT2D eigenvalue weighted by Gasteiger charge is 2.95. The van der Waals surface area contributed by atoms with Crippen LogP contribution in [-0.2, 0) is 10.8 Å². The fraction of sp³-hybridized carbons (Fsp3) is 0.647. The van der Waals surface area contributed by atoms with Crippen molar-refractivity contribution in [3.05, 3.63) is 29.8 Å². The van der Waals surface area contributed by atoms with Crippen LogP contribution in [-0.4, -0.2) is 57.6 Å². The lowest BCUT2D eigenvalue weighted by Gasteiger charge is -2.42. The van der Waals surface area contributed by atoms with Gasteiger partial charge in [0.2, 0.25) is 0 Å². The van der Waals surface area contributed by atoms with Gasteiger partial charge in [0.05, 0.1) is 10.8 Å². The van der Waals surface area contributed by atoms with E-state index in [1.165, 1.54) is 19.1 Å². The van der Waals surface area contributed by atoms with Crippen LogP contribution in [0.2, 0.25) is 0 Å². The van der Waals surface area contributed by atoms with Gasteiger partial charge in [0.15, 0.2) is 0 Å². The zero-order valence-corrected chi connectivity index (χ0v) is 17.8. The van der Waals surface area contributed by atoms with Crippen LogP contribution in [0.4, 0.5) is 74.6 Å². The van der Waals surface area contributed by atoms with E-state index in [1.807, 2.05) is 0 Å². The van der Waals surface area contributed by atoms with Gasteiger partial charge in [0.25, 0.3) is 0 Å². The van der Waals surface area contributed by atoms with Crippen molar-refractivity contribution in [1.29, 1.82) is 0 Å². The molecule has 1 aromatic rings. The first kappa shape index (κ1) is 32.2. The van der Waals surface area contributed by atoms with Gasteiger partial charge >= 0.3 is 47.6 Å². The maximum absolute atomic E-state index is 13.8. The summed E-state index contributed by atoms with van der Waals surface area (Å²) in [6.45, 7) is 1.48. The molecule has 210 valence electrons. The van der Waals surface area contributed by atoms with Crippen molar-refractivity contribution in [2.45, 2.75) is 65.9 Å². The van der Waals surface area contributed by atoms with Gasteiger partial charge in [-0.15, -0.1) is 0 Å².